The van der Waals surface area contributed by atoms with Crippen molar-refractivity contribution < 1.29 is 16.8 Å². The molecule has 0 unspecified atom stereocenters. The number of nitrogens with zero attached hydrogens (tertiary/aromatic N) is 2. The summed E-state index contributed by atoms with van der Waals surface area (Å²) in [6, 6.07) is 0. The molecular formula is C8H17N3O4S2. The Morgan fingerprint density at radius 2 is 1.35 bits per heavy atom. The Balaban J connectivity index is 2.06. The molecule has 1 N–H and O–H groups in total. The molecule has 2 aliphatic rings. The van der Waals surface area contributed by atoms with Gasteiger partial charge in [-0.05, 0) is 0 Å². The molecule has 0 atom stereocenters. The third-order valence-corrected chi connectivity index (χ3v) is 6.68. The van der Waals surface area contributed by atoms with Crippen molar-refractivity contribution >= 4 is 20.0 Å². The van der Waals surface area contributed by atoms with E-state index in [9.17, 15) is 16.8 Å². The lowest BCUT2D eigenvalue weighted by Crippen LogP contribution is -2.54. The summed E-state index contributed by atoms with van der Waals surface area (Å²) < 4.78 is 49.6. The summed E-state index contributed by atoms with van der Waals surface area (Å²) in [6.45, 7) is 2.34. The number of nitrogens with one attached hydrogen (secondary N) is 1. The Labute approximate surface area is 102 Å². The van der Waals surface area contributed by atoms with Gasteiger partial charge in [0.2, 0.25) is 0 Å². The van der Waals surface area contributed by atoms with E-state index in [1.54, 1.807) is 0 Å². The molecule has 0 aliphatic carbocycles. The van der Waals surface area contributed by atoms with Gasteiger partial charge in [-0.25, -0.2) is 8.42 Å². The lowest BCUT2D eigenvalue weighted by molar-refractivity contribution is 0.317. The van der Waals surface area contributed by atoms with Crippen molar-refractivity contribution in [2.45, 2.75) is 0 Å². The van der Waals surface area contributed by atoms with Gasteiger partial charge in [-0.3, -0.25) is 0 Å². The number of hydrogen-bond acceptors (Lipinski definition) is 5. The molecule has 2 fully saturated rings. The zero-order valence-corrected chi connectivity index (χ0v) is 11.1. The predicted molar refractivity (Wildman–Crippen MR) is 63.6 cm³/mol. The van der Waals surface area contributed by atoms with Crippen molar-refractivity contribution in [2.24, 2.45) is 0 Å². The summed E-state index contributed by atoms with van der Waals surface area (Å²) in [5.41, 5.74) is 0. The van der Waals surface area contributed by atoms with Crippen LogP contribution >= 0.6 is 0 Å². The van der Waals surface area contributed by atoms with Gasteiger partial charge in [-0.1, -0.05) is 0 Å². The minimum Gasteiger partial charge on any atom is -0.314 e. The molecule has 0 aromatic heterocycles. The number of rotatable bonds is 2. The molecule has 2 heterocycles. The number of piperazine rings is 1. The van der Waals surface area contributed by atoms with Gasteiger partial charge in [0.15, 0.2) is 9.84 Å². The van der Waals surface area contributed by atoms with Crippen LogP contribution < -0.4 is 5.32 Å². The first kappa shape index (κ1) is 13.2. The molecule has 0 bridgehead atoms. The van der Waals surface area contributed by atoms with Gasteiger partial charge in [0.05, 0.1) is 11.5 Å². The quantitative estimate of drug-likeness (QED) is 0.625. The van der Waals surface area contributed by atoms with Crippen LogP contribution in [0.5, 0.6) is 0 Å². The van der Waals surface area contributed by atoms with Crippen molar-refractivity contribution in [1.29, 1.82) is 0 Å². The molecule has 0 spiro atoms. The van der Waals surface area contributed by atoms with Crippen LogP contribution in [0, 0.1) is 0 Å². The number of hydrogen-bond donors (Lipinski definition) is 1. The van der Waals surface area contributed by atoms with Crippen LogP contribution in [-0.2, 0) is 20.0 Å². The fourth-order valence-corrected chi connectivity index (χ4v) is 5.01. The molecule has 0 saturated carbocycles. The van der Waals surface area contributed by atoms with Crippen LogP contribution in [0.25, 0.3) is 0 Å². The topological polar surface area (TPSA) is 86.8 Å². The summed E-state index contributed by atoms with van der Waals surface area (Å²) in [7, 11) is -6.52. The van der Waals surface area contributed by atoms with Gasteiger partial charge in [-0.2, -0.15) is 17.0 Å². The average molecular weight is 283 g/mol. The monoisotopic (exact) mass is 283 g/mol. The lowest BCUT2D eigenvalue weighted by Gasteiger charge is -2.33. The Bertz CT molecular complexity index is 453. The summed E-state index contributed by atoms with van der Waals surface area (Å²) in [5.74, 6) is -0.142. The van der Waals surface area contributed by atoms with E-state index in [1.165, 1.54) is 8.61 Å². The van der Waals surface area contributed by atoms with Crippen molar-refractivity contribution in [1.82, 2.24) is 13.9 Å². The first-order chi connectivity index (χ1) is 7.92. The Hall–Kier alpha value is -0.220. The maximum absolute atomic E-state index is 12.2. The Morgan fingerprint density at radius 1 is 0.882 bits per heavy atom. The smallest absolute Gasteiger partial charge is 0.282 e. The van der Waals surface area contributed by atoms with E-state index in [0.29, 0.717) is 26.2 Å². The van der Waals surface area contributed by atoms with Crippen LogP contribution in [0.15, 0.2) is 0 Å². The molecule has 0 aromatic carbocycles. The van der Waals surface area contributed by atoms with Crippen molar-refractivity contribution in [3.63, 3.8) is 0 Å². The zero-order valence-electron chi connectivity index (χ0n) is 9.50. The van der Waals surface area contributed by atoms with Crippen molar-refractivity contribution in [3.8, 4) is 0 Å². The van der Waals surface area contributed by atoms with E-state index in [-0.39, 0.29) is 24.6 Å². The van der Waals surface area contributed by atoms with Crippen molar-refractivity contribution in [2.75, 3.05) is 50.8 Å². The molecule has 17 heavy (non-hydrogen) atoms. The first-order valence-electron chi connectivity index (χ1n) is 5.58. The summed E-state index contributed by atoms with van der Waals surface area (Å²) >= 11 is 0. The highest BCUT2D eigenvalue weighted by atomic mass is 32.2. The maximum Gasteiger partial charge on any atom is 0.282 e. The van der Waals surface area contributed by atoms with E-state index < -0.39 is 20.0 Å². The molecule has 100 valence electrons. The molecule has 2 rings (SSSR count). The number of sulfone groups is 1. The molecule has 2 aliphatic heterocycles. The normalized spacial score (nSPS) is 28.0. The predicted octanol–water partition coefficient (Wildman–Crippen LogP) is -2.13. The second-order valence-corrected chi connectivity index (χ2v) is 8.44. The maximum atomic E-state index is 12.2. The molecule has 0 amide bonds. The standard InChI is InChI=1S/C8H17N3O4S2/c12-16(13)7-5-11(6-8-16)17(14,15)10-3-1-9-2-4-10/h9H,1-8H2. The van der Waals surface area contributed by atoms with Gasteiger partial charge in [0.1, 0.15) is 0 Å². The SMILES string of the molecule is O=S1(=O)CCN(S(=O)(=O)N2CCNCC2)CC1. The third-order valence-electron chi connectivity index (χ3n) is 3.03. The van der Waals surface area contributed by atoms with Crippen LogP contribution in [0.3, 0.4) is 0 Å². The average Bonchev–Trinajstić information content (AvgIpc) is 2.29. The van der Waals surface area contributed by atoms with Crippen LogP contribution in [0.1, 0.15) is 0 Å². The molecule has 9 heteroatoms. The first-order valence-corrected chi connectivity index (χ1v) is 8.80. The molecular weight excluding hydrogens is 266 g/mol. The van der Waals surface area contributed by atoms with E-state index in [0.717, 1.165) is 0 Å². The zero-order chi connectivity index (χ0) is 12.5. The van der Waals surface area contributed by atoms with Gasteiger partial charge in [0.25, 0.3) is 10.2 Å². The second-order valence-electron chi connectivity index (χ2n) is 4.21. The van der Waals surface area contributed by atoms with E-state index >= 15 is 0 Å². The highest BCUT2D eigenvalue weighted by molar-refractivity contribution is 7.91. The second kappa shape index (κ2) is 4.81. The minimum absolute atomic E-state index is 0.0711. The Kier molecular flexibility index (Phi) is 3.74. The summed E-state index contributed by atoms with van der Waals surface area (Å²) in [4.78, 5) is 0. The van der Waals surface area contributed by atoms with E-state index in [4.69, 9.17) is 0 Å². The van der Waals surface area contributed by atoms with Gasteiger partial charge in [-0.15, -0.1) is 0 Å². The third kappa shape index (κ3) is 2.97. The lowest BCUT2D eigenvalue weighted by atomic mass is 10.4. The molecule has 0 aromatic rings. The van der Waals surface area contributed by atoms with Gasteiger partial charge in [0, 0.05) is 39.3 Å². The fraction of sp³-hybridized carbons (Fsp3) is 1.00. The molecule has 0 radical (unpaired) electrons. The van der Waals surface area contributed by atoms with Crippen LogP contribution in [0.4, 0.5) is 0 Å². The van der Waals surface area contributed by atoms with Crippen LogP contribution in [0.2, 0.25) is 0 Å². The van der Waals surface area contributed by atoms with Gasteiger partial charge >= 0.3 is 0 Å². The van der Waals surface area contributed by atoms with Crippen LogP contribution in [-0.4, -0.2) is 76.2 Å². The van der Waals surface area contributed by atoms with E-state index in [2.05, 4.69) is 5.32 Å². The van der Waals surface area contributed by atoms with Gasteiger partial charge < -0.3 is 5.32 Å². The summed E-state index contributed by atoms with van der Waals surface area (Å²) in [5, 5.41) is 3.08. The highest BCUT2D eigenvalue weighted by Crippen LogP contribution is 2.13. The Morgan fingerprint density at radius 3 is 1.88 bits per heavy atom. The largest absolute Gasteiger partial charge is 0.314 e. The van der Waals surface area contributed by atoms with E-state index in [1.807, 2.05) is 0 Å². The molecule has 7 nitrogen and oxygen atoms in total. The molecule has 2 saturated heterocycles. The summed E-state index contributed by atoms with van der Waals surface area (Å²) in [6.07, 6.45) is 0. The van der Waals surface area contributed by atoms with Crippen molar-refractivity contribution in [3.05, 3.63) is 0 Å². The minimum atomic E-state index is -3.47. The highest BCUT2D eigenvalue weighted by Gasteiger charge is 2.34. The fourth-order valence-electron chi connectivity index (χ4n) is 1.96.